The number of aliphatic hydroxyl groups excluding tert-OH is 1. The van der Waals surface area contributed by atoms with Crippen molar-refractivity contribution < 1.29 is 23.4 Å². The van der Waals surface area contributed by atoms with E-state index in [1.807, 2.05) is 6.07 Å². The number of benzene rings is 2. The van der Waals surface area contributed by atoms with Crippen LogP contribution in [0.15, 0.2) is 60.8 Å². The van der Waals surface area contributed by atoms with E-state index in [0.717, 1.165) is 5.69 Å². The van der Waals surface area contributed by atoms with Crippen LogP contribution in [0.5, 0.6) is 17.4 Å². The Morgan fingerprint density at radius 1 is 1.07 bits per heavy atom. The minimum atomic E-state index is -0.489. The van der Waals surface area contributed by atoms with Crippen molar-refractivity contribution in [1.29, 1.82) is 0 Å². The lowest BCUT2D eigenvalue weighted by molar-refractivity contribution is 0.205. The molecule has 0 aliphatic carbocycles. The van der Waals surface area contributed by atoms with Crippen molar-refractivity contribution in [2.45, 2.75) is 19.1 Å². The van der Waals surface area contributed by atoms with Crippen LogP contribution in [0.2, 0.25) is 0 Å². The van der Waals surface area contributed by atoms with Crippen LogP contribution in [0, 0.1) is 11.6 Å². The number of para-hydroxylation sites is 1. The van der Waals surface area contributed by atoms with E-state index in [1.54, 1.807) is 30.3 Å². The van der Waals surface area contributed by atoms with Crippen LogP contribution in [0.25, 0.3) is 0 Å². The van der Waals surface area contributed by atoms with Gasteiger partial charge >= 0.3 is 0 Å². The zero-order valence-corrected chi connectivity index (χ0v) is 15.6. The van der Waals surface area contributed by atoms with Crippen LogP contribution in [0.1, 0.15) is 12.0 Å². The van der Waals surface area contributed by atoms with Gasteiger partial charge in [-0.25, -0.2) is 13.8 Å². The summed E-state index contributed by atoms with van der Waals surface area (Å²) >= 11 is 0. The number of nitrogens with zero attached hydrogens (tertiary/aromatic N) is 2. The summed E-state index contributed by atoms with van der Waals surface area (Å²) in [5.74, 6) is -0.392. The highest BCUT2D eigenvalue weighted by Gasteiger charge is 2.27. The fraction of sp³-hybridized carbons (Fsp3) is 0.227. The first kappa shape index (κ1) is 19.1. The molecule has 0 spiro atoms. The smallest absolute Gasteiger partial charge is 0.250 e. The van der Waals surface area contributed by atoms with Crippen molar-refractivity contribution in [2.75, 3.05) is 18.0 Å². The second kappa shape index (κ2) is 8.45. The Morgan fingerprint density at radius 3 is 2.69 bits per heavy atom. The molecule has 1 aliphatic heterocycles. The Balaban J connectivity index is 1.47. The first-order valence-electron chi connectivity index (χ1n) is 9.32. The van der Waals surface area contributed by atoms with Gasteiger partial charge in [0.2, 0.25) is 0 Å². The molecule has 0 radical (unpaired) electrons. The number of aromatic nitrogens is 1. The first-order valence-corrected chi connectivity index (χ1v) is 9.32. The van der Waals surface area contributed by atoms with Gasteiger partial charge in [0.1, 0.15) is 11.9 Å². The lowest BCUT2D eigenvalue weighted by Crippen LogP contribution is -2.25. The molecule has 5 nitrogen and oxygen atoms in total. The highest BCUT2D eigenvalue weighted by atomic mass is 19.1. The van der Waals surface area contributed by atoms with E-state index in [9.17, 15) is 13.9 Å². The van der Waals surface area contributed by atoms with Crippen LogP contribution < -0.4 is 14.4 Å². The van der Waals surface area contributed by atoms with Crippen molar-refractivity contribution in [3.8, 4) is 17.4 Å². The van der Waals surface area contributed by atoms with Crippen LogP contribution in [0.4, 0.5) is 14.5 Å². The molecular formula is C22H20F2N2O3. The summed E-state index contributed by atoms with van der Waals surface area (Å²) in [7, 11) is 0. The molecule has 0 amide bonds. The summed E-state index contributed by atoms with van der Waals surface area (Å²) in [6.07, 6.45) is 1.98. The quantitative estimate of drug-likeness (QED) is 0.671. The van der Waals surface area contributed by atoms with Crippen molar-refractivity contribution >= 4 is 5.69 Å². The predicted molar refractivity (Wildman–Crippen MR) is 104 cm³/mol. The SMILES string of the molecule is OCc1cc(Oc2ccccc2F)ccc1N1CC[C@H](Oc2ncccc2F)C1. The summed E-state index contributed by atoms with van der Waals surface area (Å²) in [4.78, 5) is 5.99. The van der Waals surface area contributed by atoms with Gasteiger partial charge in [-0.1, -0.05) is 12.1 Å². The lowest BCUT2D eigenvalue weighted by atomic mass is 10.1. The molecule has 1 N–H and O–H groups in total. The van der Waals surface area contributed by atoms with Gasteiger partial charge in [0.15, 0.2) is 17.4 Å². The van der Waals surface area contributed by atoms with E-state index >= 15 is 0 Å². The van der Waals surface area contributed by atoms with Gasteiger partial charge in [-0.2, -0.15) is 0 Å². The minimum absolute atomic E-state index is 0.00429. The molecule has 0 unspecified atom stereocenters. The molecule has 1 saturated heterocycles. The molecule has 150 valence electrons. The summed E-state index contributed by atoms with van der Waals surface area (Å²) in [6, 6.07) is 14.2. The van der Waals surface area contributed by atoms with Crippen molar-refractivity contribution in [2.24, 2.45) is 0 Å². The van der Waals surface area contributed by atoms with Crippen molar-refractivity contribution in [1.82, 2.24) is 4.98 Å². The van der Waals surface area contributed by atoms with Crippen molar-refractivity contribution in [3.63, 3.8) is 0 Å². The molecular weight excluding hydrogens is 378 g/mol. The Hall–Kier alpha value is -3.19. The predicted octanol–water partition coefficient (Wildman–Crippen LogP) is 4.30. The molecule has 1 aromatic heterocycles. The fourth-order valence-electron chi connectivity index (χ4n) is 3.37. The maximum absolute atomic E-state index is 13.8. The molecule has 3 aromatic rings. The molecule has 7 heteroatoms. The Labute approximate surface area is 167 Å². The molecule has 29 heavy (non-hydrogen) atoms. The largest absolute Gasteiger partial charge is 0.470 e. The van der Waals surface area contributed by atoms with Gasteiger partial charge < -0.3 is 19.5 Å². The summed E-state index contributed by atoms with van der Waals surface area (Å²) in [6.45, 7) is 1.04. The topological polar surface area (TPSA) is 54.8 Å². The molecule has 1 atom stereocenters. The third kappa shape index (κ3) is 4.30. The van der Waals surface area contributed by atoms with Gasteiger partial charge in [-0.15, -0.1) is 0 Å². The number of aliphatic hydroxyl groups is 1. The number of halogens is 2. The highest BCUT2D eigenvalue weighted by molar-refractivity contribution is 5.57. The van der Waals surface area contributed by atoms with E-state index in [2.05, 4.69) is 9.88 Å². The Morgan fingerprint density at radius 2 is 1.90 bits per heavy atom. The van der Waals surface area contributed by atoms with Crippen LogP contribution in [-0.4, -0.2) is 29.3 Å². The average molecular weight is 398 g/mol. The number of rotatable bonds is 6. The van der Waals surface area contributed by atoms with E-state index in [1.165, 1.54) is 24.4 Å². The summed E-state index contributed by atoms with van der Waals surface area (Å²) < 4.78 is 38.9. The van der Waals surface area contributed by atoms with E-state index in [-0.39, 0.29) is 24.3 Å². The Kier molecular flexibility index (Phi) is 5.57. The minimum Gasteiger partial charge on any atom is -0.470 e. The Bertz CT molecular complexity index is 999. The maximum atomic E-state index is 13.8. The molecule has 2 heterocycles. The third-order valence-corrected chi connectivity index (χ3v) is 4.77. The van der Waals surface area contributed by atoms with Crippen LogP contribution in [-0.2, 0) is 6.61 Å². The molecule has 4 rings (SSSR count). The number of hydrogen-bond donors (Lipinski definition) is 1. The monoisotopic (exact) mass is 398 g/mol. The van der Waals surface area contributed by atoms with Gasteiger partial charge in [0.25, 0.3) is 5.88 Å². The zero-order valence-electron chi connectivity index (χ0n) is 15.6. The number of ether oxygens (including phenoxy) is 2. The van der Waals surface area contributed by atoms with E-state index in [4.69, 9.17) is 9.47 Å². The van der Waals surface area contributed by atoms with Gasteiger partial charge in [0, 0.05) is 30.4 Å². The van der Waals surface area contributed by atoms with E-state index in [0.29, 0.717) is 30.8 Å². The first-order chi connectivity index (χ1) is 14.1. The molecule has 1 fully saturated rings. The second-order valence-corrected chi connectivity index (χ2v) is 6.75. The maximum Gasteiger partial charge on any atom is 0.250 e. The van der Waals surface area contributed by atoms with Gasteiger partial charge in [-0.3, -0.25) is 0 Å². The molecule has 0 saturated carbocycles. The standard InChI is InChI=1S/C22H20F2N2O3/c23-18-4-1-2-6-21(18)28-16-7-8-20(15(12-16)14-27)26-11-9-17(13-26)29-22-19(24)5-3-10-25-22/h1-8,10,12,17,27H,9,11,13-14H2/t17-/m0/s1. The lowest BCUT2D eigenvalue weighted by Gasteiger charge is -2.22. The summed E-state index contributed by atoms with van der Waals surface area (Å²) in [5, 5.41) is 9.81. The third-order valence-electron chi connectivity index (χ3n) is 4.77. The van der Waals surface area contributed by atoms with E-state index < -0.39 is 11.6 Å². The van der Waals surface area contributed by atoms with Crippen LogP contribution in [0.3, 0.4) is 0 Å². The molecule has 0 bridgehead atoms. The fourth-order valence-corrected chi connectivity index (χ4v) is 3.37. The second-order valence-electron chi connectivity index (χ2n) is 6.75. The average Bonchev–Trinajstić information content (AvgIpc) is 3.19. The van der Waals surface area contributed by atoms with Crippen LogP contribution >= 0.6 is 0 Å². The highest BCUT2D eigenvalue weighted by Crippen LogP contribution is 2.32. The molecule has 2 aromatic carbocycles. The normalized spacial score (nSPS) is 16.1. The number of pyridine rings is 1. The van der Waals surface area contributed by atoms with Gasteiger partial charge in [-0.05, 0) is 42.5 Å². The van der Waals surface area contributed by atoms with Gasteiger partial charge in [0.05, 0.1) is 13.2 Å². The number of hydrogen-bond acceptors (Lipinski definition) is 5. The summed E-state index contributed by atoms with van der Waals surface area (Å²) in [5.41, 5.74) is 1.49. The zero-order chi connectivity index (χ0) is 20.2. The number of anilines is 1. The van der Waals surface area contributed by atoms with Crippen molar-refractivity contribution in [3.05, 3.63) is 78.0 Å². The molecule has 1 aliphatic rings.